The number of anilines is 2. The van der Waals surface area contributed by atoms with Crippen LogP contribution in [0.5, 0.6) is 0 Å². The van der Waals surface area contributed by atoms with Crippen molar-refractivity contribution in [3.8, 4) is 0 Å². The molecule has 0 aliphatic carbocycles. The van der Waals surface area contributed by atoms with Crippen molar-refractivity contribution in [2.75, 3.05) is 36.4 Å². The zero-order valence-corrected chi connectivity index (χ0v) is 18.1. The molecule has 6 heteroatoms. The molecule has 2 aliphatic rings. The van der Waals surface area contributed by atoms with Crippen molar-refractivity contribution >= 4 is 38.8 Å². The summed E-state index contributed by atoms with van der Waals surface area (Å²) in [6.07, 6.45) is 6.03. The molecular weight excluding hydrogens is 392 g/mol. The summed E-state index contributed by atoms with van der Waals surface area (Å²) in [6.45, 7) is 3.80. The van der Waals surface area contributed by atoms with E-state index >= 15 is 0 Å². The Hall–Kier alpha value is -2.44. The molecule has 2 fully saturated rings. The number of carbonyl (C=O) groups is 1. The van der Waals surface area contributed by atoms with Crippen molar-refractivity contribution in [1.82, 2.24) is 4.98 Å². The van der Waals surface area contributed by atoms with Gasteiger partial charge in [-0.3, -0.25) is 4.79 Å². The Bertz CT molecular complexity index is 976. The first-order valence-corrected chi connectivity index (χ1v) is 11.9. The Morgan fingerprint density at radius 3 is 2.67 bits per heavy atom. The van der Waals surface area contributed by atoms with Crippen LogP contribution in [-0.4, -0.2) is 37.1 Å². The lowest BCUT2D eigenvalue weighted by molar-refractivity contribution is -0.929. The predicted molar refractivity (Wildman–Crippen MR) is 123 cm³/mol. The van der Waals surface area contributed by atoms with Gasteiger partial charge in [-0.05, 0) is 62.1 Å². The lowest BCUT2D eigenvalue weighted by Crippen LogP contribution is -3.14. The van der Waals surface area contributed by atoms with Gasteiger partial charge in [0.1, 0.15) is 6.04 Å². The van der Waals surface area contributed by atoms with Crippen molar-refractivity contribution in [1.29, 1.82) is 0 Å². The first kappa shape index (κ1) is 19.5. The summed E-state index contributed by atoms with van der Waals surface area (Å²) in [5.74, 6) is 0.0898. The van der Waals surface area contributed by atoms with Gasteiger partial charge in [0.2, 0.25) is 0 Å². The molecule has 5 rings (SSSR count). The first-order chi connectivity index (χ1) is 14.8. The molecule has 156 valence electrons. The molecule has 0 radical (unpaired) electrons. The summed E-state index contributed by atoms with van der Waals surface area (Å²) in [7, 11) is 0. The number of hydrogen-bond acceptors (Lipinski definition) is 4. The summed E-state index contributed by atoms with van der Waals surface area (Å²) in [6, 6.07) is 17.0. The lowest BCUT2D eigenvalue weighted by atomic mass is 10.0. The Labute approximate surface area is 181 Å². The SMILES string of the molecule is O=C(C[NH+]1CCCC[C@H]1c1nc2ccccc2s1)Nc1ccc(N2CCCC2)cc1. The number of hydrogen-bond donors (Lipinski definition) is 2. The summed E-state index contributed by atoms with van der Waals surface area (Å²) >= 11 is 1.78. The Morgan fingerprint density at radius 1 is 1.07 bits per heavy atom. The molecule has 1 amide bonds. The Balaban J connectivity index is 1.24. The first-order valence-electron chi connectivity index (χ1n) is 11.1. The van der Waals surface area contributed by atoms with E-state index in [4.69, 9.17) is 4.98 Å². The van der Waals surface area contributed by atoms with Crippen LogP contribution < -0.4 is 15.1 Å². The molecule has 5 nitrogen and oxygen atoms in total. The third kappa shape index (κ3) is 4.20. The van der Waals surface area contributed by atoms with Gasteiger partial charge in [0, 0.05) is 30.9 Å². The highest BCUT2D eigenvalue weighted by atomic mass is 32.1. The highest BCUT2D eigenvalue weighted by Gasteiger charge is 2.31. The van der Waals surface area contributed by atoms with Crippen LogP contribution >= 0.6 is 11.3 Å². The summed E-state index contributed by atoms with van der Waals surface area (Å²) in [4.78, 5) is 21.4. The molecule has 2 saturated heterocycles. The molecule has 2 atom stereocenters. The summed E-state index contributed by atoms with van der Waals surface area (Å²) in [5.41, 5.74) is 3.21. The van der Waals surface area contributed by atoms with E-state index in [0.29, 0.717) is 12.6 Å². The molecule has 3 aromatic rings. The molecule has 1 unspecified atom stereocenters. The van der Waals surface area contributed by atoms with Crippen LogP contribution in [0.15, 0.2) is 48.5 Å². The second-order valence-corrected chi connectivity index (χ2v) is 9.50. The van der Waals surface area contributed by atoms with Gasteiger partial charge in [-0.25, -0.2) is 4.98 Å². The van der Waals surface area contributed by atoms with E-state index in [2.05, 4.69) is 40.5 Å². The monoisotopic (exact) mass is 421 g/mol. The summed E-state index contributed by atoms with van der Waals surface area (Å²) in [5, 5.41) is 4.29. The van der Waals surface area contributed by atoms with E-state index < -0.39 is 0 Å². The van der Waals surface area contributed by atoms with Gasteiger partial charge in [-0.2, -0.15) is 0 Å². The normalized spacial score (nSPS) is 21.8. The van der Waals surface area contributed by atoms with Gasteiger partial charge < -0.3 is 15.1 Å². The van der Waals surface area contributed by atoms with E-state index in [1.807, 2.05) is 18.2 Å². The van der Waals surface area contributed by atoms with Gasteiger partial charge in [-0.15, -0.1) is 11.3 Å². The number of nitrogens with one attached hydrogen (secondary N) is 2. The number of piperidine rings is 1. The van der Waals surface area contributed by atoms with Crippen LogP contribution in [0, 0.1) is 0 Å². The van der Waals surface area contributed by atoms with Crippen molar-refractivity contribution in [3.63, 3.8) is 0 Å². The number of rotatable bonds is 5. The molecule has 2 aromatic carbocycles. The predicted octanol–water partition coefficient (Wildman–Crippen LogP) is 3.65. The number of quaternary nitrogens is 1. The van der Waals surface area contributed by atoms with Gasteiger partial charge >= 0.3 is 0 Å². The topological polar surface area (TPSA) is 49.7 Å². The number of benzene rings is 2. The average molecular weight is 422 g/mol. The van der Waals surface area contributed by atoms with Crippen molar-refractivity contribution in [2.24, 2.45) is 0 Å². The van der Waals surface area contributed by atoms with E-state index in [0.717, 1.165) is 37.3 Å². The molecule has 3 heterocycles. The number of likely N-dealkylation sites (tertiary alicyclic amines) is 1. The minimum absolute atomic E-state index is 0.0898. The Morgan fingerprint density at radius 2 is 1.87 bits per heavy atom. The minimum atomic E-state index is 0.0898. The van der Waals surface area contributed by atoms with Crippen molar-refractivity contribution in [2.45, 2.75) is 38.1 Å². The zero-order valence-electron chi connectivity index (χ0n) is 17.3. The number of fused-ring (bicyclic) bond motifs is 1. The van der Waals surface area contributed by atoms with Crippen LogP contribution in [0.3, 0.4) is 0 Å². The molecule has 2 aliphatic heterocycles. The van der Waals surface area contributed by atoms with E-state index in [1.54, 1.807) is 11.3 Å². The number of aromatic nitrogens is 1. The van der Waals surface area contributed by atoms with Crippen LogP contribution in [-0.2, 0) is 4.79 Å². The van der Waals surface area contributed by atoms with Gasteiger partial charge in [0.25, 0.3) is 5.91 Å². The second kappa shape index (κ2) is 8.74. The smallest absolute Gasteiger partial charge is 0.279 e. The fourth-order valence-electron chi connectivity index (χ4n) is 4.77. The lowest BCUT2D eigenvalue weighted by Gasteiger charge is -2.30. The molecule has 0 bridgehead atoms. The number of para-hydroxylation sites is 1. The third-order valence-corrected chi connectivity index (χ3v) is 7.50. The van der Waals surface area contributed by atoms with E-state index in [-0.39, 0.29) is 5.91 Å². The van der Waals surface area contributed by atoms with Crippen LogP contribution in [0.2, 0.25) is 0 Å². The van der Waals surface area contributed by atoms with Crippen LogP contribution in [0.1, 0.15) is 43.2 Å². The van der Waals surface area contributed by atoms with Crippen LogP contribution in [0.4, 0.5) is 11.4 Å². The number of amides is 1. The van der Waals surface area contributed by atoms with Crippen molar-refractivity contribution < 1.29 is 9.69 Å². The minimum Gasteiger partial charge on any atom is -0.372 e. The number of carbonyl (C=O) groups excluding carboxylic acids is 1. The standard InChI is InChI=1S/C24H28N4OS/c29-23(25-18-10-12-19(13-11-18)27-14-5-6-15-27)17-28-16-4-3-8-21(28)24-26-20-7-1-2-9-22(20)30-24/h1-2,7,9-13,21H,3-6,8,14-17H2,(H,25,29)/p+1/t21-/m0/s1. The highest BCUT2D eigenvalue weighted by molar-refractivity contribution is 7.18. The Kier molecular flexibility index (Phi) is 5.69. The molecule has 0 saturated carbocycles. The molecular formula is C24H29N4OS+. The summed E-state index contributed by atoms with van der Waals surface area (Å²) < 4.78 is 1.24. The van der Waals surface area contributed by atoms with Crippen molar-refractivity contribution in [3.05, 3.63) is 53.5 Å². The maximum absolute atomic E-state index is 12.8. The quantitative estimate of drug-likeness (QED) is 0.661. The molecule has 2 N–H and O–H groups in total. The van der Waals surface area contributed by atoms with Gasteiger partial charge in [0.05, 0.1) is 16.8 Å². The molecule has 1 aromatic heterocycles. The zero-order chi connectivity index (χ0) is 20.3. The fourth-order valence-corrected chi connectivity index (χ4v) is 5.93. The maximum Gasteiger partial charge on any atom is 0.279 e. The van der Waals surface area contributed by atoms with E-state index in [9.17, 15) is 4.79 Å². The third-order valence-electron chi connectivity index (χ3n) is 6.35. The van der Waals surface area contributed by atoms with E-state index in [1.165, 1.54) is 46.0 Å². The maximum atomic E-state index is 12.8. The van der Waals surface area contributed by atoms with Crippen LogP contribution in [0.25, 0.3) is 10.2 Å². The van der Waals surface area contributed by atoms with Gasteiger partial charge in [-0.1, -0.05) is 12.1 Å². The van der Waals surface area contributed by atoms with Gasteiger partial charge in [0.15, 0.2) is 11.6 Å². The number of nitrogens with zero attached hydrogens (tertiary/aromatic N) is 2. The molecule has 0 spiro atoms. The fraction of sp³-hybridized carbons (Fsp3) is 0.417. The largest absolute Gasteiger partial charge is 0.372 e. The average Bonchev–Trinajstić information content (AvgIpc) is 3.45. The molecule has 30 heavy (non-hydrogen) atoms. The second-order valence-electron chi connectivity index (χ2n) is 8.44. The number of thiazole rings is 1. The highest BCUT2D eigenvalue weighted by Crippen LogP contribution is 2.28.